The number of hydrogen-bond donors (Lipinski definition) is 2. The van der Waals surface area contributed by atoms with Gasteiger partial charge in [-0.05, 0) is 23.8 Å². The van der Waals surface area contributed by atoms with Crippen LogP contribution in [0.4, 0.5) is 4.39 Å². The fourth-order valence-corrected chi connectivity index (χ4v) is 3.74. The van der Waals surface area contributed by atoms with Crippen LogP contribution >= 0.6 is 0 Å². The molecular weight excluding hydrogens is 361 g/mol. The molecule has 2 N–H and O–H groups in total. The molecule has 0 aliphatic carbocycles. The number of rotatable bonds is 6. The summed E-state index contributed by atoms with van der Waals surface area (Å²) in [6, 6.07) is 10.1. The van der Waals surface area contributed by atoms with Gasteiger partial charge in [0.05, 0.1) is 17.9 Å². The topological polar surface area (TPSA) is 73.0 Å². The van der Waals surface area contributed by atoms with Crippen molar-refractivity contribution in [3.63, 3.8) is 0 Å². The number of aliphatic hydroxyl groups is 1. The molecule has 3 aromatic rings. The molecule has 2 heterocycles. The lowest BCUT2D eigenvalue weighted by atomic mass is 10.0. The van der Waals surface area contributed by atoms with E-state index in [1.807, 2.05) is 0 Å². The first-order valence-corrected chi connectivity index (χ1v) is 9.54. The van der Waals surface area contributed by atoms with Crippen LogP contribution in [0.3, 0.4) is 0 Å². The predicted molar refractivity (Wildman–Crippen MR) is 104 cm³/mol. The Labute approximate surface area is 162 Å². The van der Waals surface area contributed by atoms with Gasteiger partial charge < -0.3 is 14.7 Å². The summed E-state index contributed by atoms with van der Waals surface area (Å²) in [6.07, 6.45) is 0.337. The third kappa shape index (κ3) is 3.87. The number of piperazine rings is 1. The smallest absolute Gasteiger partial charge is 0.175 e. The van der Waals surface area contributed by atoms with Crippen molar-refractivity contribution in [2.45, 2.75) is 13.0 Å². The van der Waals surface area contributed by atoms with Crippen molar-refractivity contribution >= 4 is 11.0 Å². The first-order chi connectivity index (χ1) is 13.7. The highest BCUT2D eigenvalue weighted by Gasteiger charge is 2.21. The molecule has 0 amide bonds. The second-order valence-corrected chi connectivity index (χ2v) is 7.18. The van der Waals surface area contributed by atoms with E-state index in [1.165, 1.54) is 6.07 Å². The van der Waals surface area contributed by atoms with Gasteiger partial charge in [0.15, 0.2) is 5.58 Å². The van der Waals surface area contributed by atoms with Gasteiger partial charge in [0.2, 0.25) is 0 Å². The van der Waals surface area contributed by atoms with E-state index in [4.69, 9.17) is 9.63 Å². The fraction of sp³-hybridized carbons (Fsp3) is 0.381. The summed E-state index contributed by atoms with van der Waals surface area (Å²) in [6.45, 7) is 4.89. The number of aromatic hydroxyl groups is 1. The highest BCUT2D eigenvalue weighted by atomic mass is 19.1. The molecule has 1 aromatic heterocycles. The number of phenolic OH excluding ortho intramolecular Hbond substituents is 1. The van der Waals surface area contributed by atoms with E-state index in [0.29, 0.717) is 41.9 Å². The van der Waals surface area contributed by atoms with Crippen molar-refractivity contribution in [1.82, 2.24) is 15.0 Å². The lowest BCUT2D eigenvalue weighted by Crippen LogP contribution is -2.46. The molecule has 1 aliphatic rings. The van der Waals surface area contributed by atoms with E-state index in [9.17, 15) is 9.50 Å². The molecule has 6 nitrogen and oxygen atoms in total. The molecule has 2 aromatic carbocycles. The number of β-amino-alcohol motifs (C(OH)–C–C–N with tert-alkyl or cyclic N) is 1. The van der Waals surface area contributed by atoms with Crippen LogP contribution in [0.25, 0.3) is 11.0 Å². The van der Waals surface area contributed by atoms with E-state index in [2.05, 4.69) is 15.0 Å². The molecule has 1 aliphatic heterocycles. The van der Waals surface area contributed by atoms with E-state index in [1.54, 1.807) is 30.3 Å². The van der Waals surface area contributed by atoms with Crippen molar-refractivity contribution in [2.75, 3.05) is 39.3 Å². The van der Waals surface area contributed by atoms with Crippen LogP contribution in [-0.2, 0) is 13.0 Å². The second-order valence-electron chi connectivity index (χ2n) is 7.18. The van der Waals surface area contributed by atoms with E-state index < -0.39 is 0 Å². The summed E-state index contributed by atoms with van der Waals surface area (Å²) >= 11 is 0. The Hall–Kier alpha value is -2.48. The fourth-order valence-electron chi connectivity index (χ4n) is 3.74. The zero-order valence-electron chi connectivity index (χ0n) is 15.6. The van der Waals surface area contributed by atoms with E-state index in [-0.39, 0.29) is 18.2 Å². The maximum absolute atomic E-state index is 14.0. The Balaban J connectivity index is 1.55. The van der Waals surface area contributed by atoms with Gasteiger partial charge in [-0.2, -0.15) is 0 Å². The summed E-state index contributed by atoms with van der Waals surface area (Å²) in [7, 11) is 0. The van der Waals surface area contributed by atoms with Gasteiger partial charge in [0.25, 0.3) is 0 Å². The number of halogens is 1. The number of aliphatic hydroxyl groups excluding tert-OH is 1. The van der Waals surface area contributed by atoms with Crippen molar-refractivity contribution in [1.29, 1.82) is 0 Å². The van der Waals surface area contributed by atoms with Crippen LogP contribution in [-0.4, -0.2) is 64.5 Å². The third-order valence-electron chi connectivity index (χ3n) is 5.37. The molecule has 7 heteroatoms. The molecule has 0 atom stereocenters. The quantitative estimate of drug-likeness (QED) is 0.679. The number of phenols is 1. The highest BCUT2D eigenvalue weighted by Crippen LogP contribution is 2.31. The minimum atomic E-state index is -0.265. The summed E-state index contributed by atoms with van der Waals surface area (Å²) < 4.78 is 19.6. The van der Waals surface area contributed by atoms with Crippen LogP contribution < -0.4 is 0 Å². The molecule has 1 fully saturated rings. The molecular formula is C21H24FN3O3. The Morgan fingerprint density at radius 3 is 2.54 bits per heavy atom. The zero-order valence-corrected chi connectivity index (χ0v) is 15.6. The van der Waals surface area contributed by atoms with Gasteiger partial charge >= 0.3 is 0 Å². The number of aromatic nitrogens is 1. The number of nitrogens with zero attached hydrogens (tertiary/aromatic N) is 3. The largest absolute Gasteiger partial charge is 0.507 e. The third-order valence-corrected chi connectivity index (χ3v) is 5.37. The Morgan fingerprint density at radius 1 is 1.04 bits per heavy atom. The van der Waals surface area contributed by atoms with Crippen molar-refractivity contribution in [3.05, 3.63) is 59.0 Å². The van der Waals surface area contributed by atoms with Crippen molar-refractivity contribution in [2.24, 2.45) is 0 Å². The van der Waals surface area contributed by atoms with Crippen LogP contribution in [0.5, 0.6) is 5.75 Å². The van der Waals surface area contributed by atoms with Gasteiger partial charge in [-0.25, -0.2) is 4.39 Å². The van der Waals surface area contributed by atoms with Crippen LogP contribution in [0, 0.1) is 5.82 Å². The molecule has 4 rings (SSSR count). The standard InChI is InChI=1S/C21H24FN3O3/c22-18-4-2-1-3-15(18)13-19-16-5-6-20(27)17(21(16)28-23-19)14-25-9-7-24(8-10-25)11-12-26/h1-6,26-27H,7-14H2. The monoisotopic (exact) mass is 385 g/mol. The zero-order chi connectivity index (χ0) is 19.5. The van der Waals surface area contributed by atoms with Gasteiger partial charge in [0.1, 0.15) is 11.6 Å². The Kier molecular flexibility index (Phi) is 5.57. The van der Waals surface area contributed by atoms with Gasteiger partial charge in [0, 0.05) is 51.1 Å². The molecule has 0 spiro atoms. The highest BCUT2D eigenvalue weighted by molar-refractivity contribution is 5.84. The average Bonchev–Trinajstić information content (AvgIpc) is 3.10. The van der Waals surface area contributed by atoms with Crippen LogP contribution in [0.2, 0.25) is 0 Å². The summed E-state index contributed by atoms with van der Waals surface area (Å²) in [5, 5.41) is 24.4. The number of fused-ring (bicyclic) bond motifs is 1. The first-order valence-electron chi connectivity index (χ1n) is 9.54. The minimum Gasteiger partial charge on any atom is -0.507 e. The number of benzene rings is 2. The van der Waals surface area contributed by atoms with E-state index >= 15 is 0 Å². The maximum Gasteiger partial charge on any atom is 0.175 e. The van der Waals surface area contributed by atoms with Gasteiger partial charge in [-0.15, -0.1) is 0 Å². The summed E-state index contributed by atoms with van der Waals surface area (Å²) in [5.41, 5.74) is 2.49. The molecule has 0 bridgehead atoms. The molecule has 1 saturated heterocycles. The normalized spacial score (nSPS) is 16.1. The molecule has 148 valence electrons. The lowest BCUT2D eigenvalue weighted by Gasteiger charge is -2.34. The van der Waals surface area contributed by atoms with Crippen LogP contribution in [0.1, 0.15) is 16.8 Å². The average molecular weight is 385 g/mol. The van der Waals surface area contributed by atoms with Gasteiger partial charge in [-0.1, -0.05) is 23.4 Å². The van der Waals surface area contributed by atoms with Crippen LogP contribution in [0.15, 0.2) is 40.9 Å². The molecule has 0 unspecified atom stereocenters. The lowest BCUT2D eigenvalue weighted by molar-refractivity contribution is 0.108. The second kappa shape index (κ2) is 8.26. The SMILES string of the molecule is OCCN1CCN(Cc2c(O)ccc3c(Cc4ccccc4F)noc23)CC1. The van der Waals surface area contributed by atoms with E-state index in [0.717, 1.165) is 31.6 Å². The van der Waals surface area contributed by atoms with Crippen molar-refractivity contribution in [3.8, 4) is 5.75 Å². The summed E-state index contributed by atoms with van der Waals surface area (Å²) in [4.78, 5) is 4.47. The minimum absolute atomic E-state index is 0.170. The maximum atomic E-state index is 14.0. The number of hydrogen-bond acceptors (Lipinski definition) is 6. The predicted octanol–water partition coefficient (Wildman–Crippen LogP) is 2.37. The first kappa shape index (κ1) is 18.9. The summed E-state index contributed by atoms with van der Waals surface area (Å²) in [5.74, 6) is -0.0859. The molecule has 0 radical (unpaired) electrons. The Morgan fingerprint density at radius 2 is 1.79 bits per heavy atom. The Bertz CT molecular complexity index is 951. The van der Waals surface area contributed by atoms with Crippen molar-refractivity contribution < 1.29 is 19.1 Å². The van der Waals surface area contributed by atoms with Gasteiger partial charge in [-0.3, -0.25) is 9.80 Å². The molecule has 28 heavy (non-hydrogen) atoms. The molecule has 0 saturated carbocycles.